The summed E-state index contributed by atoms with van der Waals surface area (Å²) in [7, 11) is 8.21. The van der Waals surface area contributed by atoms with Crippen LogP contribution in [0, 0.1) is 0 Å². The first-order valence-corrected chi connectivity index (χ1v) is 6.70. The molecular formula is C14H19NO4S. The minimum atomic E-state index is -0.376. The van der Waals surface area contributed by atoms with Gasteiger partial charge >= 0.3 is 5.97 Å². The molecule has 0 bridgehead atoms. The van der Waals surface area contributed by atoms with Crippen molar-refractivity contribution in [3.05, 3.63) is 29.3 Å². The van der Waals surface area contributed by atoms with E-state index in [1.807, 2.05) is 26.2 Å². The summed E-state index contributed by atoms with van der Waals surface area (Å²) in [6.07, 6.45) is 1.72. The van der Waals surface area contributed by atoms with Gasteiger partial charge in [-0.15, -0.1) is 0 Å². The van der Waals surface area contributed by atoms with Crippen LogP contribution in [0.15, 0.2) is 34.2 Å². The third-order valence-electron chi connectivity index (χ3n) is 2.34. The molecule has 0 aliphatic heterocycles. The van der Waals surface area contributed by atoms with Gasteiger partial charge in [0.15, 0.2) is 11.5 Å². The van der Waals surface area contributed by atoms with E-state index in [0.29, 0.717) is 16.4 Å². The Bertz CT molecular complexity index is 500. The summed E-state index contributed by atoms with van der Waals surface area (Å²) in [4.78, 5) is 14.9. The lowest BCUT2D eigenvalue weighted by Gasteiger charge is -2.12. The zero-order valence-corrected chi connectivity index (χ0v) is 13.1. The van der Waals surface area contributed by atoms with E-state index in [9.17, 15) is 4.79 Å². The van der Waals surface area contributed by atoms with Crippen LogP contribution in [0.3, 0.4) is 0 Å². The van der Waals surface area contributed by atoms with Crippen LogP contribution in [0.1, 0.15) is 0 Å². The minimum absolute atomic E-state index is 0.376. The molecule has 0 spiro atoms. The molecule has 0 N–H and O–H groups in total. The van der Waals surface area contributed by atoms with E-state index in [0.717, 1.165) is 4.90 Å². The number of esters is 1. The number of carbonyl (C=O) groups is 1. The number of methoxy groups -OCH3 is 3. The van der Waals surface area contributed by atoms with Gasteiger partial charge in [-0.25, -0.2) is 4.79 Å². The number of hydrogen-bond acceptors (Lipinski definition) is 6. The van der Waals surface area contributed by atoms with Crippen molar-refractivity contribution in [3.8, 4) is 11.5 Å². The van der Waals surface area contributed by atoms with Crippen molar-refractivity contribution in [3.63, 3.8) is 0 Å². The molecular weight excluding hydrogens is 278 g/mol. The zero-order valence-electron chi connectivity index (χ0n) is 12.3. The van der Waals surface area contributed by atoms with Gasteiger partial charge in [-0.2, -0.15) is 0 Å². The normalized spacial score (nSPS) is 10.9. The average molecular weight is 297 g/mol. The van der Waals surface area contributed by atoms with Crippen molar-refractivity contribution in [2.24, 2.45) is 0 Å². The number of hydrogen-bond donors (Lipinski definition) is 0. The van der Waals surface area contributed by atoms with Crippen molar-refractivity contribution < 1.29 is 19.0 Å². The summed E-state index contributed by atoms with van der Waals surface area (Å²) in [5, 5.41) is 0. The van der Waals surface area contributed by atoms with Gasteiger partial charge in [0, 0.05) is 25.2 Å². The molecule has 0 aliphatic rings. The number of nitrogens with zero attached hydrogens (tertiary/aromatic N) is 1. The Hall–Kier alpha value is -1.82. The van der Waals surface area contributed by atoms with E-state index in [1.54, 1.807) is 31.4 Å². The van der Waals surface area contributed by atoms with E-state index in [4.69, 9.17) is 14.2 Å². The van der Waals surface area contributed by atoms with Crippen LogP contribution in [-0.2, 0) is 9.53 Å². The fourth-order valence-electron chi connectivity index (χ4n) is 1.46. The molecule has 0 fully saturated rings. The predicted molar refractivity (Wildman–Crippen MR) is 79.2 cm³/mol. The Morgan fingerprint density at radius 1 is 1.15 bits per heavy atom. The summed E-state index contributed by atoms with van der Waals surface area (Å²) in [6.45, 7) is 0. The van der Waals surface area contributed by atoms with Crippen molar-refractivity contribution in [1.82, 2.24) is 4.90 Å². The highest BCUT2D eigenvalue weighted by Crippen LogP contribution is 2.35. The standard InChI is InChI=1S/C14H19NO4S/c1-15(2)9-13(14(16)19-5)20-10-6-7-11(17-3)12(8-10)18-4/h6-9H,1-5H3/b13-9-. The summed E-state index contributed by atoms with van der Waals surface area (Å²) >= 11 is 1.31. The van der Waals surface area contributed by atoms with Crippen molar-refractivity contribution in [2.45, 2.75) is 4.90 Å². The molecule has 1 rings (SSSR count). The first-order chi connectivity index (χ1) is 9.51. The maximum absolute atomic E-state index is 11.7. The van der Waals surface area contributed by atoms with E-state index >= 15 is 0 Å². The fraction of sp³-hybridized carbons (Fsp3) is 0.357. The Labute approximate surface area is 123 Å². The molecule has 0 aromatic heterocycles. The molecule has 0 radical (unpaired) electrons. The third-order valence-corrected chi connectivity index (χ3v) is 3.33. The van der Waals surface area contributed by atoms with Gasteiger partial charge in [-0.3, -0.25) is 0 Å². The van der Waals surface area contributed by atoms with Gasteiger partial charge < -0.3 is 19.1 Å². The predicted octanol–water partition coefficient (Wildman–Crippen LogP) is 2.37. The first kappa shape index (κ1) is 16.2. The molecule has 5 nitrogen and oxygen atoms in total. The highest BCUT2D eigenvalue weighted by molar-refractivity contribution is 8.04. The van der Waals surface area contributed by atoms with Gasteiger partial charge in [0.25, 0.3) is 0 Å². The van der Waals surface area contributed by atoms with Crippen molar-refractivity contribution >= 4 is 17.7 Å². The minimum Gasteiger partial charge on any atom is -0.493 e. The van der Waals surface area contributed by atoms with E-state index in [2.05, 4.69) is 0 Å². The monoisotopic (exact) mass is 297 g/mol. The number of thioether (sulfide) groups is 1. The molecule has 0 saturated carbocycles. The highest BCUT2D eigenvalue weighted by atomic mass is 32.2. The molecule has 0 amide bonds. The molecule has 0 saturated heterocycles. The largest absolute Gasteiger partial charge is 0.493 e. The molecule has 1 aromatic rings. The molecule has 6 heteroatoms. The molecule has 0 heterocycles. The molecule has 110 valence electrons. The van der Waals surface area contributed by atoms with Gasteiger partial charge in [0.1, 0.15) is 4.91 Å². The Morgan fingerprint density at radius 2 is 1.80 bits per heavy atom. The van der Waals surface area contributed by atoms with Crippen LogP contribution in [0.5, 0.6) is 11.5 Å². The van der Waals surface area contributed by atoms with Gasteiger partial charge in [-0.1, -0.05) is 11.8 Å². The maximum Gasteiger partial charge on any atom is 0.346 e. The van der Waals surface area contributed by atoms with E-state index in [1.165, 1.54) is 18.9 Å². The van der Waals surface area contributed by atoms with Crippen LogP contribution in [0.4, 0.5) is 0 Å². The smallest absolute Gasteiger partial charge is 0.346 e. The molecule has 1 aromatic carbocycles. The van der Waals surface area contributed by atoms with Crippen molar-refractivity contribution in [1.29, 1.82) is 0 Å². The average Bonchev–Trinajstić information content (AvgIpc) is 2.45. The summed E-state index contributed by atoms with van der Waals surface area (Å²) in [5.74, 6) is 0.887. The topological polar surface area (TPSA) is 48.0 Å². The SMILES string of the molecule is COC(=O)/C(=C/N(C)C)Sc1ccc(OC)c(OC)c1. The molecule has 0 aliphatic carbocycles. The lowest BCUT2D eigenvalue weighted by molar-refractivity contribution is -0.135. The fourth-order valence-corrected chi connectivity index (χ4v) is 2.45. The summed E-state index contributed by atoms with van der Waals surface area (Å²) in [6, 6.07) is 5.47. The van der Waals surface area contributed by atoms with Gasteiger partial charge in [-0.05, 0) is 18.2 Å². The van der Waals surface area contributed by atoms with Gasteiger partial charge in [0.2, 0.25) is 0 Å². The molecule has 20 heavy (non-hydrogen) atoms. The van der Waals surface area contributed by atoms with E-state index < -0.39 is 0 Å². The van der Waals surface area contributed by atoms with Crippen molar-refractivity contribution in [2.75, 3.05) is 35.4 Å². The second-order valence-corrected chi connectivity index (χ2v) is 5.18. The second kappa shape index (κ2) is 7.69. The Morgan fingerprint density at radius 3 is 2.30 bits per heavy atom. The van der Waals surface area contributed by atoms with E-state index in [-0.39, 0.29) is 5.97 Å². The Balaban J connectivity index is 3.02. The molecule has 0 atom stereocenters. The quantitative estimate of drug-likeness (QED) is 0.456. The van der Waals surface area contributed by atoms with Crippen LogP contribution in [-0.4, -0.2) is 46.3 Å². The second-order valence-electron chi connectivity index (χ2n) is 4.07. The summed E-state index contributed by atoms with van der Waals surface area (Å²) < 4.78 is 15.2. The number of carbonyl (C=O) groups excluding carboxylic acids is 1. The van der Waals surface area contributed by atoms with Crippen LogP contribution < -0.4 is 9.47 Å². The summed E-state index contributed by atoms with van der Waals surface area (Å²) in [5.41, 5.74) is 0. The zero-order chi connectivity index (χ0) is 15.1. The highest BCUT2D eigenvalue weighted by Gasteiger charge is 2.14. The lowest BCUT2D eigenvalue weighted by atomic mass is 10.3. The first-order valence-electron chi connectivity index (χ1n) is 5.88. The Kier molecular flexibility index (Phi) is 6.24. The maximum atomic E-state index is 11.7. The lowest BCUT2D eigenvalue weighted by Crippen LogP contribution is -2.08. The third kappa shape index (κ3) is 4.38. The number of ether oxygens (including phenoxy) is 3. The van der Waals surface area contributed by atoms with Gasteiger partial charge in [0.05, 0.1) is 21.3 Å². The van der Waals surface area contributed by atoms with Crippen LogP contribution in [0.25, 0.3) is 0 Å². The number of rotatable bonds is 6. The number of benzene rings is 1. The molecule has 0 unspecified atom stereocenters. The van der Waals surface area contributed by atoms with Crippen LogP contribution in [0.2, 0.25) is 0 Å². The van der Waals surface area contributed by atoms with Crippen LogP contribution >= 0.6 is 11.8 Å².